The molecule has 0 unspecified atom stereocenters. The standard InChI is InChI=1S/C34H44BrN6O4P/c1-5-21-14-27(30(42-2)15-28(21)40-10-8-24(9-11-40)41-17-22-19-43-20-23(22)18-41)38-34-36-16-25(35)33(39-34)37-26-6-7-29-31(32(26)46(3)4)45-13-12-44-29/h6-7,14-16,22-24H,5,8-13,17-20H2,1-4H3,(H2,36,37,38,39)/t22-,23+. The minimum atomic E-state index is -0.482. The minimum Gasteiger partial charge on any atom is -0.494 e. The van der Waals surface area contributed by atoms with E-state index in [1.54, 1.807) is 13.3 Å². The van der Waals surface area contributed by atoms with Crippen molar-refractivity contribution in [2.45, 2.75) is 32.2 Å². The second-order valence-electron chi connectivity index (χ2n) is 12.8. The average molecular weight is 712 g/mol. The van der Waals surface area contributed by atoms with Gasteiger partial charge in [-0.25, -0.2) is 4.98 Å². The number of fused-ring (bicyclic) bond motifs is 2. The van der Waals surface area contributed by atoms with E-state index in [0.717, 1.165) is 83.0 Å². The highest BCUT2D eigenvalue weighted by Gasteiger charge is 2.40. The molecule has 0 radical (unpaired) electrons. The Morgan fingerprint density at radius 2 is 1.78 bits per heavy atom. The van der Waals surface area contributed by atoms with Gasteiger partial charge in [0.05, 0.1) is 36.2 Å². The zero-order valence-corrected chi connectivity index (χ0v) is 29.6. The fourth-order valence-electron chi connectivity index (χ4n) is 7.36. The van der Waals surface area contributed by atoms with Crippen molar-refractivity contribution in [1.82, 2.24) is 14.9 Å². The Bertz CT molecular complexity index is 1560. The molecule has 0 saturated carbocycles. The van der Waals surface area contributed by atoms with Crippen LogP contribution in [0.15, 0.2) is 34.9 Å². The number of anilines is 5. The largest absolute Gasteiger partial charge is 0.494 e. The van der Waals surface area contributed by atoms with Crippen molar-refractivity contribution in [1.29, 1.82) is 0 Å². The van der Waals surface area contributed by atoms with Crippen LogP contribution in [-0.2, 0) is 11.2 Å². The molecule has 3 fully saturated rings. The molecule has 246 valence electrons. The highest BCUT2D eigenvalue weighted by atomic mass is 79.9. The highest BCUT2D eigenvalue weighted by Crippen LogP contribution is 2.42. The smallest absolute Gasteiger partial charge is 0.229 e. The number of rotatable bonds is 9. The predicted molar refractivity (Wildman–Crippen MR) is 189 cm³/mol. The zero-order chi connectivity index (χ0) is 31.8. The number of ether oxygens (including phenoxy) is 4. The number of methoxy groups -OCH3 is 1. The second kappa shape index (κ2) is 13.7. The zero-order valence-electron chi connectivity index (χ0n) is 27.1. The van der Waals surface area contributed by atoms with Crippen LogP contribution in [0, 0.1) is 11.8 Å². The van der Waals surface area contributed by atoms with Gasteiger partial charge in [0.2, 0.25) is 5.95 Å². The first-order valence-corrected chi connectivity index (χ1v) is 19.4. The molecule has 46 heavy (non-hydrogen) atoms. The number of nitrogens with one attached hydrogen (secondary N) is 2. The SMILES string of the molecule is CCc1cc(Nc2ncc(Br)c(Nc3ccc4c(c3P(C)C)OCCO4)n2)c(OC)cc1N1CCC(N2C[C@H]3COC[C@H]3C2)CC1. The third-order valence-corrected chi connectivity index (χ3v) is 11.7. The molecular weight excluding hydrogens is 667 g/mol. The van der Waals surface area contributed by atoms with Crippen molar-refractivity contribution in [3.8, 4) is 17.2 Å². The summed E-state index contributed by atoms with van der Waals surface area (Å²) in [7, 11) is 1.24. The van der Waals surface area contributed by atoms with Crippen LogP contribution in [-0.4, -0.2) is 94.0 Å². The Labute approximate surface area is 281 Å². The molecule has 1 aromatic heterocycles. The number of likely N-dealkylation sites (tertiary alicyclic amines) is 1. The molecular formula is C34H44BrN6O4P. The third-order valence-electron chi connectivity index (χ3n) is 9.75. The number of aryl methyl sites for hydroxylation is 1. The predicted octanol–water partition coefficient (Wildman–Crippen LogP) is 5.98. The lowest BCUT2D eigenvalue weighted by Gasteiger charge is -2.39. The highest BCUT2D eigenvalue weighted by molar-refractivity contribution is 9.10. The molecule has 5 heterocycles. The van der Waals surface area contributed by atoms with Gasteiger partial charge in [0.1, 0.15) is 24.8 Å². The molecule has 3 saturated heterocycles. The lowest BCUT2D eigenvalue weighted by Crippen LogP contribution is -2.44. The van der Waals surface area contributed by atoms with Crippen LogP contribution in [0.4, 0.5) is 28.8 Å². The lowest BCUT2D eigenvalue weighted by molar-refractivity contribution is 0.130. The molecule has 2 N–H and O–H groups in total. The number of hydrogen-bond acceptors (Lipinski definition) is 10. The van der Waals surface area contributed by atoms with Crippen LogP contribution in [0.25, 0.3) is 0 Å². The van der Waals surface area contributed by atoms with E-state index < -0.39 is 7.92 Å². The molecule has 10 nitrogen and oxygen atoms in total. The number of benzene rings is 2. The number of aromatic nitrogens is 2. The van der Waals surface area contributed by atoms with Gasteiger partial charge in [-0.2, -0.15) is 4.98 Å². The van der Waals surface area contributed by atoms with Crippen LogP contribution in [0.1, 0.15) is 25.3 Å². The third kappa shape index (κ3) is 6.36. The van der Waals surface area contributed by atoms with Crippen molar-refractivity contribution < 1.29 is 18.9 Å². The van der Waals surface area contributed by atoms with E-state index in [2.05, 4.69) is 73.7 Å². The van der Waals surface area contributed by atoms with E-state index in [1.807, 2.05) is 12.1 Å². The number of nitrogens with zero attached hydrogens (tertiary/aromatic N) is 4. The van der Waals surface area contributed by atoms with E-state index in [1.165, 1.54) is 37.2 Å². The van der Waals surface area contributed by atoms with Gasteiger partial charge in [-0.1, -0.05) is 14.8 Å². The van der Waals surface area contributed by atoms with E-state index >= 15 is 0 Å². The van der Waals surface area contributed by atoms with E-state index in [0.29, 0.717) is 31.0 Å². The Balaban J connectivity index is 1.08. The van der Waals surface area contributed by atoms with E-state index in [4.69, 9.17) is 23.9 Å². The first-order chi connectivity index (χ1) is 22.4. The van der Waals surface area contributed by atoms with Crippen molar-refractivity contribution in [2.24, 2.45) is 11.8 Å². The van der Waals surface area contributed by atoms with Gasteiger partial charge >= 0.3 is 0 Å². The monoisotopic (exact) mass is 710 g/mol. The quantitative estimate of drug-likeness (QED) is 0.259. The molecule has 0 bridgehead atoms. The lowest BCUT2D eigenvalue weighted by atomic mass is 10.00. The van der Waals surface area contributed by atoms with E-state index in [-0.39, 0.29) is 0 Å². The van der Waals surface area contributed by atoms with E-state index in [9.17, 15) is 0 Å². The van der Waals surface area contributed by atoms with Gasteiger partial charge in [-0.05, 0) is 72.3 Å². The summed E-state index contributed by atoms with van der Waals surface area (Å²) in [6, 6.07) is 9.05. The molecule has 0 amide bonds. The van der Waals surface area contributed by atoms with Crippen molar-refractivity contribution in [3.63, 3.8) is 0 Å². The Morgan fingerprint density at radius 1 is 1.02 bits per heavy atom. The summed E-state index contributed by atoms with van der Waals surface area (Å²) in [6.45, 7) is 14.2. The Kier molecular flexibility index (Phi) is 9.46. The number of hydrogen-bond donors (Lipinski definition) is 2. The summed E-state index contributed by atoms with van der Waals surface area (Å²) < 4.78 is 24.3. The minimum absolute atomic E-state index is 0.481. The molecule has 2 aromatic carbocycles. The van der Waals surface area contributed by atoms with Crippen LogP contribution in [0.3, 0.4) is 0 Å². The fourth-order valence-corrected chi connectivity index (χ4v) is 8.84. The van der Waals surface area contributed by atoms with Gasteiger partial charge in [0.15, 0.2) is 11.5 Å². The molecule has 3 aromatic rings. The molecule has 12 heteroatoms. The molecule has 0 aliphatic carbocycles. The van der Waals surface area contributed by atoms with Crippen LogP contribution in [0.2, 0.25) is 0 Å². The summed E-state index contributed by atoms with van der Waals surface area (Å²) >= 11 is 3.65. The summed E-state index contributed by atoms with van der Waals surface area (Å²) in [5.74, 6) is 5.02. The van der Waals surface area contributed by atoms with Crippen molar-refractivity contribution in [2.75, 3.05) is 88.6 Å². The molecule has 4 aliphatic rings. The van der Waals surface area contributed by atoms with Gasteiger partial charge in [-0.3, -0.25) is 4.90 Å². The fraction of sp³-hybridized carbons (Fsp3) is 0.529. The molecule has 0 spiro atoms. The topological polar surface area (TPSA) is 93.2 Å². The maximum absolute atomic E-state index is 6.04. The van der Waals surface area contributed by atoms with Crippen molar-refractivity contribution >= 4 is 58.0 Å². The Hall–Kier alpha value is -2.85. The van der Waals surface area contributed by atoms with Crippen LogP contribution < -0.4 is 35.0 Å². The number of halogens is 1. The van der Waals surface area contributed by atoms with Gasteiger partial charge in [0.25, 0.3) is 0 Å². The normalized spacial score (nSPS) is 21.5. The van der Waals surface area contributed by atoms with Crippen LogP contribution >= 0.6 is 23.9 Å². The van der Waals surface area contributed by atoms with Gasteiger partial charge < -0.3 is 34.5 Å². The first kappa shape index (κ1) is 31.7. The maximum Gasteiger partial charge on any atom is 0.229 e. The second-order valence-corrected chi connectivity index (χ2v) is 15.9. The van der Waals surface area contributed by atoms with Crippen LogP contribution in [0.5, 0.6) is 17.2 Å². The Morgan fingerprint density at radius 3 is 2.50 bits per heavy atom. The molecule has 2 atom stereocenters. The summed E-state index contributed by atoms with van der Waals surface area (Å²) in [4.78, 5) is 14.7. The average Bonchev–Trinajstić information content (AvgIpc) is 3.69. The summed E-state index contributed by atoms with van der Waals surface area (Å²) in [5.41, 5.74) is 4.34. The molecule has 4 aliphatic heterocycles. The number of piperidine rings is 1. The van der Waals surface area contributed by atoms with Crippen molar-refractivity contribution in [3.05, 3.63) is 40.5 Å². The first-order valence-electron chi connectivity index (χ1n) is 16.4. The maximum atomic E-state index is 6.04. The van der Waals surface area contributed by atoms with Gasteiger partial charge in [0, 0.05) is 67.3 Å². The summed E-state index contributed by atoms with van der Waals surface area (Å²) in [5, 5.41) is 8.10. The molecule has 7 rings (SSSR count). The summed E-state index contributed by atoms with van der Waals surface area (Å²) in [6.07, 6.45) is 5.07. The van der Waals surface area contributed by atoms with Gasteiger partial charge in [-0.15, -0.1) is 0 Å².